The van der Waals surface area contributed by atoms with Crippen molar-refractivity contribution in [2.24, 2.45) is 0 Å². The number of aliphatic hydroxyl groups excluding tert-OH is 8. The summed E-state index contributed by atoms with van der Waals surface area (Å²) in [6.07, 6.45) is -13.5. The Morgan fingerprint density at radius 1 is 0.963 bits per heavy atom. The number of hydrogen-bond acceptors (Lipinski definition) is 13. The van der Waals surface area contributed by atoms with Crippen LogP contribution in [0, 0.1) is 0 Å². The van der Waals surface area contributed by atoms with Crippen LogP contribution in [0.5, 0.6) is 0 Å². The molecule has 0 heterocycles. The summed E-state index contributed by atoms with van der Waals surface area (Å²) in [5, 5.41) is 100. The molecule has 0 saturated heterocycles. The Kier molecular flexibility index (Phi) is 13.4. The number of carboxylic acids is 2. The van der Waals surface area contributed by atoms with E-state index in [9.17, 15) is 24.9 Å². The molecule has 6 atom stereocenters. The second kappa shape index (κ2) is 12.4. The monoisotopic (exact) mass is 426 g/mol. The number of carbonyl (C=O) groups is 2. The van der Waals surface area contributed by atoms with Gasteiger partial charge in [0.15, 0.2) is 0 Å². The maximum atomic E-state index is 10.4. The van der Waals surface area contributed by atoms with Crippen LogP contribution in [0.3, 0.4) is 0 Å². The minimum Gasteiger partial charge on any atom is -0.547 e. The molecule has 0 bridgehead atoms. The smallest absolute Gasteiger partial charge is 0.547 e. The summed E-state index contributed by atoms with van der Waals surface area (Å²) in [4.78, 5) is 20.4. The maximum Gasteiger partial charge on any atom is 2.00 e. The van der Waals surface area contributed by atoms with Gasteiger partial charge in [-0.05, 0) is 0 Å². The molecule has 0 aromatic heterocycles. The molecule has 1 aliphatic carbocycles. The molecular formula is C13H22CaO13. The van der Waals surface area contributed by atoms with E-state index in [4.69, 9.17) is 40.9 Å². The number of carboxylic acid groups (broad SMARTS) is 2. The normalized spacial score (nSPS) is 32.0. The fraction of sp³-hybridized carbons (Fsp3) is 0.846. The molecule has 0 aliphatic heterocycles. The zero-order chi connectivity index (χ0) is 20.8. The predicted octanol–water partition coefficient (Wildman–Crippen LogP) is -8.86. The minimum atomic E-state index is -2.31. The fourth-order valence-electron chi connectivity index (χ4n) is 2.10. The van der Waals surface area contributed by atoms with Crippen molar-refractivity contribution in [1.82, 2.24) is 0 Å². The summed E-state index contributed by atoms with van der Waals surface area (Å²) in [5.41, 5.74) is -2.25. The molecule has 0 radical (unpaired) electrons. The SMILES string of the molecule is O=C([O-])C(O)C(O)C(O)C(O)CO.O=C([O-])C1(O)CC(O)C(O)C(O)C1.[Ca+2]. The first-order chi connectivity index (χ1) is 11.8. The van der Waals surface area contributed by atoms with Gasteiger partial charge in [-0.15, -0.1) is 0 Å². The summed E-state index contributed by atoms with van der Waals surface area (Å²) in [6.45, 7) is -0.863. The van der Waals surface area contributed by atoms with E-state index in [1.54, 1.807) is 0 Å². The van der Waals surface area contributed by atoms with Gasteiger partial charge in [-0.2, -0.15) is 0 Å². The molecule has 154 valence electrons. The Bertz CT molecular complexity index is 463. The van der Waals surface area contributed by atoms with Gasteiger partial charge in [0.2, 0.25) is 0 Å². The quantitative estimate of drug-likeness (QED) is 0.179. The van der Waals surface area contributed by atoms with Gasteiger partial charge in [0.1, 0.15) is 36.1 Å². The molecular weight excluding hydrogens is 404 g/mol. The van der Waals surface area contributed by atoms with Crippen LogP contribution in [0.2, 0.25) is 0 Å². The predicted molar refractivity (Wildman–Crippen MR) is 79.1 cm³/mol. The van der Waals surface area contributed by atoms with Crippen molar-refractivity contribution in [2.75, 3.05) is 6.61 Å². The zero-order valence-electron chi connectivity index (χ0n) is 14.0. The van der Waals surface area contributed by atoms with Crippen molar-refractivity contribution in [2.45, 2.75) is 61.2 Å². The maximum absolute atomic E-state index is 10.4. The van der Waals surface area contributed by atoms with Crippen LogP contribution in [-0.2, 0) is 9.59 Å². The van der Waals surface area contributed by atoms with Crippen molar-refractivity contribution in [1.29, 1.82) is 0 Å². The molecule has 13 nitrogen and oxygen atoms in total. The van der Waals surface area contributed by atoms with E-state index in [0.717, 1.165) is 0 Å². The van der Waals surface area contributed by atoms with Gasteiger partial charge in [0.25, 0.3) is 0 Å². The van der Waals surface area contributed by atoms with Crippen molar-refractivity contribution in [3.63, 3.8) is 0 Å². The second-order valence-electron chi connectivity index (χ2n) is 5.85. The van der Waals surface area contributed by atoms with E-state index in [-0.39, 0.29) is 37.7 Å². The van der Waals surface area contributed by atoms with E-state index in [2.05, 4.69) is 0 Å². The fourth-order valence-corrected chi connectivity index (χ4v) is 2.10. The van der Waals surface area contributed by atoms with Crippen LogP contribution >= 0.6 is 0 Å². The third kappa shape index (κ3) is 8.39. The summed E-state index contributed by atoms with van der Waals surface area (Å²) < 4.78 is 0. The van der Waals surface area contributed by atoms with E-state index in [1.807, 2.05) is 0 Å². The number of carbonyl (C=O) groups excluding carboxylic acids is 2. The standard InChI is InChI=1S/C7H12O6.C6H12O7.Ca/c8-3-1-7(13,6(11)12)2-4(9)5(3)10;7-1-2(8)3(9)4(10)5(11)6(12)13;/h3-5,8-10,13H,1-2H2,(H,11,12);2-5,7-11H,1H2,(H,12,13);/q;;+2/p-2. The van der Waals surface area contributed by atoms with Crippen LogP contribution in [-0.4, -0.2) is 151 Å². The summed E-state index contributed by atoms with van der Waals surface area (Å²) in [6, 6.07) is 0. The number of aliphatic carboxylic acids is 2. The Hall–Kier alpha value is -0.160. The largest absolute Gasteiger partial charge is 2.00 e. The third-order valence-electron chi connectivity index (χ3n) is 3.76. The van der Waals surface area contributed by atoms with Gasteiger partial charge in [0, 0.05) is 12.8 Å². The minimum absolute atomic E-state index is 0. The molecule has 1 rings (SSSR count). The van der Waals surface area contributed by atoms with Crippen molar-refractivity contribution >= 4 is 49.7 Å². The Labute approximate surface area is 182 Å². The van der Waals surface area contributed by atoms with Gasteiger partial charge in [-0.1, -0.05) is 0 Å². The summed E-state index contributed by atoms with van der Waals surface area (Å²) in [7, 11) is 0. The molecule has 0 spiro atoms. The van der Waals surface area contributed by atoms with Crippen LogP contribution < -0.4 is 10.2 Å². The Morgan fingerprint density at radius 2 is 1.37 bits per heavy atom. The van der Waals surface area contributed by atoms with Crippen LogP contribution in [0.15, 0.2) is 0 Å². The third-order valence-corrected chi connectivity index (χ3v) is 3.76. The van der Waals surface area contributed by atoms with Gasteiger partial charge >= 0.3 is 37.7 Å². The molecule has 9 N–H and O–H groups in total. The van der Waals surface area contributed by atoms with Crippen LogP contribution in [0.1, 0.15) is 12.8 Å². The van der Waals surface area contributed by atoms with Gasteiger partial charge in [-0.3, -0.25) is 0 Å². The van der Waals surface area contributed by atoms with Crippen molar-refractivity contribution < 1.29 is 65.8 Å². The Balaban J connectivity index is 0. The van der Waals surface area contributed by atoms with Crippen molar-refractivity contribution in [3.05, 3.63) is 0 Å². The van der Waals surface area contributed by atoms with Crippen LogP contribution in [0.25, 0.3) is 0 Å². The number of hydrogen-bond donors (Lipinski definition) is 9. The topological polar surface area (TPSA) is 262 Å². The molecule has 14 heteroatoms. The van der Waals surface area contributed by atoms with Crippen LogP contribution in [0.4, 0.5) is 0 Å². The summed E-state index contributed by atoms with van der Waals surface area (Å²) >= 11 is 0. The summed E-state index contributed by atoms with van der Waals surface area (Å²) in [5.74, 6) is -3.73. The van der Waals surface area contributed by atoms with Crippen molar-refractivity contribution in [3.8, 4) is 0 Å². The molecule has 1 fully saturated rings. The van der Waals surface area contributed by atoms with E-state index in [1.165, 1.54) is 0 Å². The molecule has 0 aromatic rings. The molecule has 6 unspecified atom stereocenters. The molecule has 27 heavy (non-hydrogen) atoms. The van der Waals surface area contributed by atoms with Gasteiger partial charge in [0.05, 0.1) is 30.8 Å². The van der Waals surface area contributed by atoms with E-state index < -0.39 is 79.7 Å². The average Bonchev–Trinajstić information content (AvgIpc) is 2.57. The first-order valence-corrected chi connectivity index (χ1v) is 7.30. The average molecular weight is 426 g/mol. The Morgan fingerprint density at radius 3 is 1.67 bits per heavy atom. The van der Waals surface area contributed by atoms with Gasteiger partial charge in [-0.25, -0.2) is 0 Å². The molecule has 1 aliphatic rings. The van der Waals surface area contributed by atoms with Gasteiger partial charge < -0.3 is 65.8 Å². The molecule has 0 aromatic carbocycles. The zero-order valence-corrected chi connectivity index (χ0v) is 16.2. The first-order valence-electron chi connectivity index (χ1n) is 7.30. The molecule has 1 saturated carbocycles. The van der Waals surface area contributed by atoms with E-state index in [0.29, 0.717) is 0 Å². The number of rotatable bonds is 6. The first kappa shape index (κ1) is 29.0. The second-order valence-corrected chi connectivity index (χ2v) is 5.85. The number of aliphatic hydroxyl groups is 9. The molecule has 0 amide bonds. The van der Waals surface area contributed by atoms with E-state index >= 15 is 0 Å².